The fourth-order valence-electron chi connectivity index (χ4n) is 2.00. The molecule has 2 rings (SSSR count). The SMILES string of the molecule is CC(C)Cc1nc(Cl)c2c(n1)CCNCC2. The van der Waals surface area contributed by atoms with Gasteiger partial charge in [0, 0.05) is 24.9 Å². The second-order valence-electron chi connectivity index (χ2n) is 4.70. The zero-order chi connectivity index (χ0) is 11.5. The number of hydrogen-bond acceptors (Lipinski definition) is 3. The molecule has 0 atom stereocenters. The van der Waals surface area contributed by atoms with E-state index in [-0.39, 0.29) is 0 Å². The van der Waals surface area contributed by atoms with Crippen molar-refractivity contribution < 1.29 is 0 Å². The van der Waals surface area contributed by atoms with Crippen molar-refractivity contribution in [2.24, 2.45) is 5.92 Å². The van der Waals surface area contributed by atoms with Crippen LogP contribution in [0.25, 0.3) is 0 Å². The van der Waals surface area contributed by atoms with Gasteiger partial charge in [0.25, 0.3) is 0 Å². The van der Waals surface area contributed by atoms with Gasteiger partial charge in [-0.05, 0) is 18.9 Å². The van der Waals surface area contributed by atoms with Crippen LogP contribution in [0.3, 0.4) is 0 Å². The van der Waals surface area contributed by atoms with Crippen molar-refractivity contribution in [1.29, 1.82) is 0 Å². The Bertz CT molecular complexity index is 377. The zero-order valence-electron chi connectivity index (χ0n) is 9.89. The summed E-state index contributed by atoms with van der Waals surface area (Å²) in [5, 5.41) is 4.01. The first-order chi connectivity index (χ1) is 7.66. The molecule has 3 nitrogen and oxygen atoms in total. The van der Waals surface area contributed by atoms with Gasteiger partial charge in [-0.1, -0.05) is 25.4 Å². The standard InChI is InChI=1S/C12H18ClN3/c1-8(2)7-11-15-10-4-6-14-5-3-9(10)12(13)16-11/h8,14H,3-7H2,1-2H3. The predicted molar refractivity (Wildman–Crippen MR) is 65.9 cm³/mol. The van der Waals surface area contributed by atoms with Crippen LogP contribution in [0.4, 0.5) is 0 Å². The first-order valence-corrected chi connectivity index (χ1v) is 6.29. The Balaban J connectivity index is 2.32. The molecule has 88 valence electrons. The van der Waals surface area contributed by atoms with Gasteiger partial charge in [-0.15, -0.1) is 0 Å². The minimum absolute atomic E-state index is 0.568. The molecule has 1 aromatic heterocycles. The highest BCUT2D eigenvalue weighted by Gasteiger charge is 2.15. The normalized spacial score (nSPS) is 16.0. The summed E-state index contributed by atoms with van der Waals surface area (Å²) in [4.78, 5) is 9.03. The van der Waals surface area contributed by atoms with Crippen molar-refractivity contribution in [3.8, 4) is 0 Å². The van der Waals surface area contributed by atoms with Crippen molar-refractivity contribution in [3.05, 3.63) is 22.2 Å². The first-order valence-electron chi connectivity index (χ1n) is 5.91. The highest BCUT2D eigenvalue weighted by atomic mass is 35.5. The Kier molecular flexibility index (Phi) is 3.77. The number of aromatic nitrogens is 2. The molecule has 1 aliphatic heterocycles. The topological polar surface area (TPSA) is 37.8 Å². The molecule has 0 bridgehead atoms. The van der Waals surface area contributed by atoms with E-state index in [9.17, 15) is 0 Å². The third-order valence-electron chi connectivity index (χ3n) is 2.77. The fourth-order valence-corrected chi connectivity index (χ4v) is 2.31. The molecule has 0 aromatic carbocycles. The summed E-state index contributed by atoms with van der Waals surface area (Å²) >= 11 is 6.22. The maximum absolute atomic E-state index is 6.22. The molecule has 16 heavy (non-hydrogen) atoms. The fraction of sp³-hybridized carbons (Fsp3) is 0.667. The van der Waals surface area contributed by atoms with Crippen molar-refractivity contribution in [2.75, 3.05) is 13.1 Å². The summed E-state index contributed by atoms with van der Waals surface area (Å²) in [6.45, 7) is 6.30. The molecular weight excluding hydrogens is 222 g/mol. The van der Waals surface area contributed by atoms with Crippen molar-refractivity contribution in [2.45, 2.75) is 33.1 Å². The zero-order valence-corrected chi connectivity index (χ0v) is 10.6. The lowest BCUT2D eigenvalue weighted by Crippen LogP contribution is -2.16. The van der Waals surface area contributed by atoms with E-state index in [1.54, 1.807) is 0 Å². The molecule has 0 radical (unpaired) electrons. The van der Waals surface area contributed by atoms with E-state index in [1.165, 1.54) is 0 Å². The quantitative estimate of drug-likeness (QED) is 0.803. The number of rotatable bonds is 2. The molecule has 0 saturated heterocycles. The summed E-state index contributed by atoms with van der Waals surface area (Å²) in [7, 11) is 0. The highest BCUT2D eigenvalue weighted by molar-refractivity contribution is 6.30. The number of nitrogens with zero attached hydrogens (tertiary/aromatic N) is 2. The average molecular weight is 240 g/mol. The smallest absolute Gasteiger partial charge is 0.136 e. The van der Waals surface area contributed by atoms with Crippen LogP contribution in [-0.2, 0) is 19.3 Å². The van der Waals surface area contributed by atoms with Crippen molar-refractivity contribution in [3.63, 3.8) is 0 Å². The van der Waals surface area contributed by atoms with Crippen LogP contribution >= 0.6 is 11.6 Å². The summed E-state index contributed by atoms with van der Waals surface area (Å²) in [5.41, 5.74) is 2.28. The highest BCUT2D eigenvalue weighted by Crippen LogP contribution is 2.20. The molecule has 0 spiro atoms. The van der Waals surface area contributed by atoms with Crippen molar-refractivity contribution in [1.82, 2.24) is 15.3 Å². The van der Waals surface area contributed by atoms with Crippen LogP contribution in [0, 0.1) is 5.92 Å². The molecule has 1 aliphatic rings. The van der Waals surface area contributed by atoms with Crippen LogP contribution in [0.15, 0.2) is 0 Å². The van der Waals surface area contributed by atoms with Gasteiger partial charge in [-0.3, -0.25) is 0 Å². The molecule has 0 amide bonds. The average Bonchev–Trinajstić information content (AvgIpc) is 2.41. The van der Waals surface area contributed by atoms with E-state index in [1.807, 2.05) is 0 Å². The lowest BCUT2D eigenvalue weighted by molar-refractivity contribution is 0.616. The Hall–Kier alpha value is -0.670. The van der Waals surface area contributed by atoms with E-state index in [0.29, 0.717) is 11.1 Å². The minimum Gasteiger partial charge on any atom is -0.316 e. The Morgan fingerprint density at radius 2 is 2.00 bits per heavy atom. The van der Waals surface area contributed by atoms with Gasteiger partial charge < -0.3 is 5.32 Å². The van der Waals surface area contributed by atoms with Gasteiger partial charge >= 0.3 is 0 Å². The van der Waals surface area contributed by atoms with Crippen LogP contribution in [0.1, 0.15) is 30.9 Å². The molecule has 0 aliphatic carbocycles. The van der Waals surface area contributed by atoms with Crippen LogP contribution < -0.4 is 5.32 Å². The summed E-state index contributed by atoms with van der Waals surface area (Å²) < 4.78 is 0. The Morgan fingerprint density at radius 1 is 1.25 bits per heavy atom. The lowest BCUT2D eigenvalue weighted by atomic mass is 10.1. The van der Waals surface area contributed by atoms with Gasteiger partial charge in [0.1, 0.15) is 11.0 Å². The van der Waals surface area contributed by atoms with Gasteiger partial charge in [-0.2, -0.15) is 0 Å². The molecule has 2 heterocycles. The third-order valence-corrected chi connectivity index (χ3v) is 3.08. The minimum atomic E-state index is 0.568. The lowest BCUT2D eigenvalue weighted by Gasteiger charge is -2.10. The largest absolute Gasteiger partial charge is 0.316 e. The van der Waals surface area contributed by atoms with E-state index < -0.39 is 0 Å². The van der Waals surface area contributed by atoms with E-state index in [4.69, 9.17) is 11.6 Å². The van der Waals surface area contributed by atoms with Crippen LogP contribution in [-0.4, -0.2) is 23.1 Å². The number of halogens is 1. The molecular formula is C12H18ClN3. The Morgan fingerprint density at radius 3 is 2.75 bits per heavy atom. The summed E-state index contributed by atoms with van der Waals surface area (Å²) in [6.07, 6.45) is 2.80. The van der Waals surface area contributed by atoms with Crippen LogP contribution in [0.5, 0.6) is 0 Å². The number of hydrogen-bond donors (Lipinski definition) is 1. The number of nitrogens with one attached hydrogen (secondary N) is 1. The summed E-state index contributed by atoms with van der Waals surface area (Å²) in [6, 6.07) is 0. The van der Waals surface area contributed by atoms with Gasteiger partial charge in [0.15, 0.2) is 0 Å². The second-order valence-corrected chi connectivity index (χ2v) is 5.06. The predicted octanol–water partition coefficient (Wildman–Crippen LogP) is 2.02. The van der Waals surface area contributed by atoms with Crippen LogP contribution in [0.2, 0.25) is 5.15 Å². The van der Waals surface area contributed by atoms with Crippen molar-refractivity contribution >= 4 is 11.6 Å². The maximum Gasteiger partial charge on any atom is 0.136 e. The first kappa shape index (κ1) is 11.8. The van der Waals surface area contributed by atoms with E-state index in [0.717, 1.165) is 49.4 Å². The maximum atomic E-state index is 6.22. The summed E-state index contributed by atoms with van der Waals surface area (Å²) in [5.74, 6) is 1.46. The van der Waals surface area contributed by atoms with Gasteiger partial charge in [0.05, 0.1) is 5.69 Å². The monoisotopic (exact) mass is 239 g/mol. The molecule has 0 saturated carbocycles. The Labute approximate surface area is 102 Å². The molecule has 1 N–H and O–H groups in total. The molecule has 0 unspecified atom stereocenters. The van der Waals surface area contributed by atoms with E-state index >= 15 is 0 Å². The second kappa shape index (κ2) is 5.11. The molecule has 4 heteroatoms. The van der Waals surface area contributed by atoms with Gasteiger partial charge in [0.2, 0.25) is 0 Å². The molecule has 1 aromatic rings. The van der Waals surface area contributed by atoms with Gasteiger partial charge in [-0.25, -0.2) is 9.97 Å². The van der Waals surface area contributed by atoms with E-state index in [2.05, 4.69) is 29.1 Å². The third kappa shape index (κ3) is 2.71. The number of fused-ring (bicyclic) bond motifs is 1. The molecule has 0 fully saturated rings.